The lowest BCUT2D eigenvalue weighted by atomic mass is 9.80. The first-order chi connectivity index (χ1) is 9.84. The first kappa shape index (κ1) is 15.8. The molecule has 2 rings (SSSR count). The molecule has 0 fully saturated rings. The van der Waals surface area contributed by atoms with Gasteiger partial charge in [0.05, 0.1) is 5.56 Å². The van der Waals surface area contributed by atoms with Crippen molar-refractivity contribution >= 4 is 21.9 Å². The van der Waals surface area contributed by atoms with Crippen molar-refractivity contribution < 1.29 is 9.90 Å². The molecule has 0 unspecified atom stereocenters. The molecule has 2 aromatic carbocycles. The second-order valence-corrected chi connectivity index (χ2v) is 6.68. The number of rotatable bonds is 3. The highest BCUT2D eigenvalue weighted by molar-refractivity contribution is 9.08. The first-order valence-corrected chi connectivity index (χ1v) is 7.99. The highest BCUT2D eigenvalue weighted by atomic mass is 79.9. The maximum absolute atomic E-state index is 11.5. The minimum atomic E-state index is -0.893. The highest BCUT2D eigenvalue weighted by Gasteiger charge is 2.21. The Bertz CT molecular complexity index is 669. The fourth-order valence-electron chi connectivity index (χ4n) is 2.43. The van der Waals surface area contributed by atoms with E-state index in [-0.39, 0.29) is 5.41 Å². The summed E-state index contributed by atoms with van der Waals surface area (Å²) in [5.74, 6) is -0.893. The van der Waals surface area contributed by atoms with E-state index in [2.05, 4.69) is 42.8 Å². The zero-order chi connectivity index (χ0) is 15.6. The van der Waals surface area contributed by atoms with E-state index >= 15 is 0 Å². The Morgan fingerprint density at radius 1 is 1.10 bits per heavy atom. The SMILES string of the molecule is CC(C)(C)c1cc(CBr)ccc1-c1ccccc1C(=O)O. The Balaban J connectivity index is 2.73. The average molecular weight is 347 g/mol. The van der Waals surface area contributed by atoms with Gasteiger partial charge in [0.2, 0.25) is 0 Å². The van der Waals surface area contributed by atoms with E-state index < -0.39 is 5.97 Å². The Kier molecular flexibility index (Phi) is 4.52. The van der Waals surface area contributed by atoms with E-state index in [0.717, 1.165) is 22.0 Å². The minimum Gasteiger partial charge on any atom is -0.478 e. The van der Waals surface area contributed by atoms with E-state index in [1.807, 2.05) is 24.3 Å². The summed E-state index contributed by atoms with van der Waals surface area (Å²) in [6.45, 7) is 6.44. The predicted molar refractivity (Wildman–Crippen MR) is 90.2 cm³/mol. The molecule has 21 heavy (non-hydrogen) atoms. The summed E-state index contributed by atoms with van der Waals surface area (Å²) < 4.78 is 0. The lowest BCUT2D eigenvalue weighted by molar-refractivity contribution is 0.0697. The molecular formula is C18H19BrO2. The average Bonchev–Trinajstić information content (AvgIpc) is 2.45. The van der Waals surface area contributed by atoms with Crippen LogP contribution in [0.3, 0.4) is 0 Å². The highest BCUT2D eigenvalue weighted by Crippen LogP contribution is 2.35. The van der Waals surface area contributed by atoms with Crippen LogP contribution in [0, 0.1) is 0 Å². The molecule has 0 spiro atoms. The van der Waals surface area contributed by atoms with Gasteiger partial charge >= 0.3 is 5.97 Å². The van der Waals surface area contributed by atoms with Gasteiger partial charge in [0, 0.05) is 5.33 Å². The molecule has 0 aliphatic rings. The molecule has 0 aromatic heterocycles. The van der Waals surface area contributed by atoms with Crippen molar-refractivity contribution in [2.24, 2.45) is 0 Å². The van der Waals surface area contributed by atoms with Crippen molar-refractivity contribution in [3.63, 3.8) is 0 Å². The Labute approximate surface area is 134 Å². The third-order valence-electron chi connectivity index (χ3n) is 3.49. The summed E-state index contributed by atoms with van der Waals surface area (Å²) >= 11 is 3.48. The molecule has 0 atom stereocenters. The van der Waals surface area contributed by atoms with E-state index in [0.29, 0.717) is 5.56 Å². The van der Waals surface area contributed by atoms with Gasteiger partial charge in [0.25, 0.3) is 0 Å². The lowest BCUT2D eigenvalue weighted by Gasteiger charge is -2.24. The van der Waals surface area contributed by atoms with Crippen molar-refractivity contribution in [3.05, 3.63) is 59.2 Å². The van der Waals surface area contributed by atoms with Gasteiger partial charge in [0.15, 0.2) is 0 Å². The van der Waals surface area contributed by atoms with Crippen molar-refractivity contribution in [1.82, 2.24) is 0 Å². The summed E-state index contributed by atoms with van der Waals surface area (Å²) in [5, 5.41) is 10.2. The van der Waals surface area contributed by atoms with Gasteiger partial charge in [-0.25, -0.2) is 4.79 Å². The molecular weight excluding hydrogens is 328 g/mol. The van der Waals surface area contributed by atoms with Gasteiger partial charge < -0.3 is 5.11 Å². The largest absolute Gasteiger partial charge is 0.478 e. The van der Waals surface area contributed by atoms with Gasteiger partial charge in [-0.1, -0.05) is 73.1 Å². The second kappa shape index (κ2) is 6.02. The molecule has 0 saturated heterocycles. The first-order valence-electron chi connectivity index (χ1n) is 6.86. The molecule has 0 heterocycles. The molecule has 110 valence electrons. The number of carboxylic acid groups (broad SMARTS) is 1. The summed E-state index contributed by atoms with van der Waals surface area (Å²) in [6.07, 6.45) is 0. The van der Waals surface area contributed by atoms with E-state index in [1.165, 1.54) is 5.56 Å². The van der Waals surface area contributed by atoms with Gasteiger partial charge in [0.1, 0.15) is 0 Å². The Morgan fingerprint density at radius 2 is 1.76 bits per heavy atom. The summed E-state index contributed by atoms with van der Waals surface area (Å²) in [4.78, 5) is 11.5. The van der Waals surface area contributed by atoms with Crippen molar-refractivity contribution in [3.8, 4) is 11.1 Å². The maximum Gasteiger partial charge on any atom is 0.336 e. The van der Waals surface area contributed by atoms with Crippen LogP contribution in [0.25, 0.3) is 11.1 Å². The molecule has 2 nitrogen and oxygen atoms in total. The molecule has 0 radical (unpaired) electrons. The topological polar surface area (TPSA) is 37.3 Å². The van der Waals surface area contributed by atoms with Crippen LogP contribution >= 0.6 is 15.9 Å². The number of halogens is 1. The molecule has 0 aliphatic heterocycles. The van der Waals surface area contributed by atoms with Crippen LogP contribution in [0.4, 0.5) is 0 Å². The monoisotopic (exact) mass is 346 g/mol. The lowest BCUT2D eigenvalue weighted by Crippen LogP contribution is -2.14. The number of carboxylic acids is 1. The number of hydrogen-bond acceptors (Lipinski definition) is 1. The predicted octanol–water partition coefficient (Wildman–Crippen LogP) is 5.24. The summed E-state index contributed by atoms with van der Waals surface area (Å²) in [7, 11) is 0. The van der Waals surface area contributed by atoms with Crippen LogP contribution in [-0.4, -0.2) is 11.1 Å². The van der Waals surface area contributed by atoms with Crippen LogP contribution < -0.4 is 0 Å². The molecule has 2 aromatic rings. The number of alkyl halides is 1. The van der Waals surface area contributed by atoms with E-state index in [4.69, 9.17) is 0 Å². The Hall–Kier alpha value is -1.61. The van der Waals surface area contributed by atoms with Gasteiger partial charge in [-0.15, -0.1) is 0 Å². The smallest absolute Gasteiger partial charge is 0.336 e. The van der Waals surface area contributed by atoms with Gasteiger partial charge in [-0.2, -0.15) is 0 Å². The summed E-state index contributed by atoms with van der Waals surface area (Å²) in [6, 6.07) is 13.4. The second-order valence-electron chi connectivity index (χ2n) is 6.11. The number of carbonyl (C=O) groups is 1. The summed E-state index contributed by atoms with van der Waals surface area (Å²) in [5.41, 5.74) is 4.40. The van der Waals surface area contributed by atoms with Crippen LogP contribution in [0.5, 0.6) is 0 Å². The molecule has 0 amide bonds. The van der Waals surface area contributed by atoms with Crippen molar-refractivity contribution in [2.45, 2.75) is 31.5 Å². The van der Waals surface area contributed by atoms with E-state index in [9.17, 15) is 9.90 Å². The van der Waals surface area contributed by atoms with Crippen LogP contribution in [0.1, 0.15) is 42.3 Å². The van der Waals surface area contributed by atoms with Crippen molar-refractivity contribution in [1.29, 1.82) is 0 Å². The molecule has 3 heteroatoms. The van der Waals surface area contributed by atoms with Crippen LogP contribution in [0.15, 0.2) is 42.5 Å². The number of hydrogen-bond donors (Lipinski definition) is 1. The fourth-order valence-corrected chi connectivity index (χ4v) is 2.78. The van der Waals surface area contributed by atoms with Gasteiger partial charge in [-0.3, -0.25) is 0 Å². The Morgan fingerprint density at radius 3 is 2.33 bits per heavy atom. The standard InChI is InChI=1S/C18H19BrO2/c1-18(2,3)16-10-12(11-19)8-9-14(16)13-6-4-5-7-15(13)17(20)21/h4-10H,11H2,1-3H3,(H,20,21). The molecule has 0 bridgehead atoms. The van der Waals surface area contributed by atoms with E-state index in [1.54, 1.807) is 12.1 Å². The maximum atomic E-state index is 11.5. The fraction of sp³-hybridized carbons (Fsp3) is 0.278. The minimum absolute atomic E-state index is 0.0564. The molecule has 1 N–H and O–H groups in total. The van der Waals surface area contributed by atoms with Crippen LogP contribution in [0.2, 0.25) is 0 Å². The quantitative estimate of drug-likeness (QED) is 0.771. The zero-order valence-electron chi connectivity index (χ0n) is 12.5. The third-order valence-corrected chi connectivity index (χ3v) is 4.14. The third kappa shape index (κ3) is 3.35. The number of aromatic carboxylic acids is 1. The van der Waals surface area contributed by atoms with Gasteiger partial charge in [-0.05, 0) is 33.7 Å². The number of benzene rings is 2. The normalized spacial score (nSPS) is 11.4. The molecule has 0 saturated carbocycles. The van der Waals surface area contributed by atoms with Crippen LogP contribution in [-0.2, 0) is 10.7 Å². The zero-order valence-corrected chi connectivity index (χ0v) is 14.1. The molecule has 0 aliphatic carbocycles. The van der Waals surface area contributed by atoms with Crippen molar-refractivity contribution in [2.75, 3.05) is 0 Å².